The summed E-state index contributed by atoms with van der Waals surface area (Å²) in [5.41, 5.74) is 0.185. The molecule has 2 N–H and O–H groups in total. The minimum Gasteiger partial charge on any atom is -0.406 e. The third kappa shape index (κ3) is 5.05. The van der Waals surface area contributed by atoms with Crippen LogP contribution in [0.25, 0.3) is 0 Å². The zero-order valence-corrected chi connectivity index (χ0v) is 9.49. The average molecular weight is 263 g/mol. The van der Waals surface area contributed by atoms with E-state index in [1.165, 1.54) is 19.1 Å². The second-order valence-electron chi connectivity index (χ2n) is 3.63. The van der Waals surface area contributed by atoms with Crippen LogP contribution < -0.4 is 10.1 Å². The Balaban J connectivity index is 2.62. The molecule has 1 unspecified atom stereocenters. The van der Waals surface area contributed by atoms with E-state index in [9.17, 15) is 18.0 Å². The van der Waals surface area contributed by atoms with E-state index in [2.05, 4.69) is 10.1 Å². The fourth-order valence-electron chi connectivity index (χ4n) is 1.15. The maximum absolute atomic E-state index is 11.9. The molecule has 1 rings (SSSR count). The first-order chi connectivity index (χ1) is 8.28. The number of alkyl halides is 3. The highest BCUT2D eigenvalue weighted by Gasteiger charge is 2.31. The molecular weight excluding hydrogens is 251 g/mol. The number of aliphatic hydroxyl groups excluding tert-OH is 1. The summed E-state index contributed by atoms with van der Waals surface area (Å²) in [7, 11) is 0. The molecular formula is C11H12F3NO3. The Kier molecular flexibility index (Phi) is 4.55. The highest BCUT2D eigenvalue weighted by atomic mass is 19.4. The van der Waals surface area contributed by atoms with E-state index in [4.69, 9.17) is 5.11 Å². The van der Waals surface area contributed by atoms with Crippen LogP contribution in [0.4, 0.5) is 13.2 Å². The van der Waals surface area contributed by atoms with Gasteiger partial charge in [0, 0.05) is 12.1 Å². The van der Waals surface area contributed by atoms with Crippen LogP contribution in [0, 0.1) is 0 Å². The Morgan fingerprint density at radius 3 is 2.39 bits per heavy atom. The number of halogens is 3. The third-order valence-electron chi connectivity index (χ3n) is 1.91. The minimum atomic E-state index is -4.75. The van der Waals surface area contributed by atoms with Crippen LogP contribution in [0.5, 0.6) is 5.75 Å². The molecule has 18 heavy (non-hydrogen) atoms. The van der Waals surface area contributed by atoms with E-state index in [-0.39, 0.29) is 12.1 Å². The molecule has 1 amide bonds. The maximum atomic E-state index is 11.9. The molecule has 0 spiro atoms. The van der Waals surface area contributed by atoms with Crippen LogP contribution in [0.15, 0.2) is 24.3 Å². The van der Waals surface area contributed by atoms with Gasteiger partial charge in [-0.3, -0.25) is 4.79 Å². The third-order valence-corrected chi connectivity index (χ3v) is 1.91. The fourth-order valence-corrected chi connectivity index (χ4v) is 1.15. The lowest BCUT2D eigenvalue weighted by Crippen LogP contribution is -2.30. The topological polar surface area (TPSA) is 58.6 Å². The van der Waals surface area contributed by atoms with Gasteiger partial charge in [-0.2, -0.15) is 0 Å². The highest BCUT2D eigenvalue weighted by molar-refractivity contribution is 5.94. The Morgan fingerprint density at radius 2 is 1.94 bits per heavy atom. The number of nitrogens with one attached hydrogen (secondary N) is 1. The average Bonchev–Trinajstić information content (AvgIpc) is 2.24. The summed E-state index contributed by atoms with van der Waals surface area (Å²) in [6, 6.07) is 4.51. The largest absolute Gasteiger partial charge is 0.573 e. The number of ether oxygens (including phenoxy) is 1. The molecule has 0 aliphatic heterocycles. The number of hydrogen-bond acceptors (Lipinski definition) is 3. The van der Waals surface area contributed by atoms with Crippen LogP contribution in [0.2, 0.25) is 0 Å². The molecule has 0 radical (unpaired) electrons. The van der Waals surface area contributed by atoms with Crippen LogP contribution in [0.1, 0.15) is 17.3 Å². The van der Waals surface area contributed by atoms with Gasteiger partial charge in [-0.1, -0.05) is 0 Å². The van der Waals surface area contributed by atoms with Crippen molar-refractivity contribution < 1.29 is 27.8 Å². The lowest BCUT2D eigenvalue weighted by atomic mass is 10.2. The van der Waals surface area contributed by atoms with Gasteiger partial charge >= 0.3 is 6.36 Å². The van der Waals surface area contributed by atoms with Crippen LogP contribution in [0.3, 0.4) is 0 Å². The molecule has 1 aromatic carbocycles. The molecule has 7 heteroatoms. The summed E-state index contributed by atoms with van der Waals surface area (Å²) in [5.74, 6) is -0.871. The monoisotopic (exact) mass is 263 g/mol. The number of aliphatic hydroxyl groups is 1. The lowest BCUT2D eigenvalue weighted by molar-refractivity contribution is -0.274. The first kappa shape index (κ1) is 14.3. The molecule has 0 aliphatic rings. The van der Waals surface area contributed by atoms with Crippen LogP contribution in [-0.4, -0.2) is 30.0 Å². The first-order valence-corrected chi connectivity index (χ1v) is 5.10. The summed E-state index contributed by atoms with van der Waals surface area (Å²) in [6.07, 6.45) is -5.45. The minimum absolute atomic E-state index is 0.0691. The zero-order chi connectivity index (χ0) is 13.8. The summed E-state index contributed by atoms with van der Waals surface area (Å²) in [4.78, 5) is 11.5. The summed E-state index contributed by atoms with van der Waals surface area (Å²) < 4.78 is 39.3. The van der Waals surface area contributed by atoms with Crippen molar-refractivity contribution in [2.45, 2.75) is 19.4 Å². The van der Waals surface area contributed by atoms with Crippen molar-refractivity contribution in [2.75, 3.05) is 6.54 Å². The number of hydrogen-bond donors (Lipinski definition) is 2. The van der Waals surface area contributed by atoms with Crippen molar-refractivity contribution in [1.29, 1.82) is 0 Å². The van der Waals surface area contributed by atoms with Gasteiger partial charge in [-0.05, 0) is 31.2 Å². The van der Waals surface area contributed by atoms with Crippen molar-refractivity contribution in [2.24, 2.45) is 0 Å². The van der Waals surface area contributed by atoms with E-state index in [0.29, 0.717) is 0 Å². The molecule has 1 aromatic rings. The van der Waals surface area contributed by atoms with Gasteiger partial charge < -0.3 is 15.2 Å². The van der Waals surface area contributed by atoms with Crippen molar-refractivity contribution >= 4 is 5.91 Å². The van der Waals surface area contributed by atoms with Gasteiger partial charge in [-0.15, -0.1) is 13.2 Å². The molecule has 0 bridgehead atoms. The maximum Gasteiger partial charge on any atom is 0.573 e. The summed E-state index contributed by atoms with van der Waals surface area (Å²) in [5, 5.41) is 11.4. The Hall–Kier alpha value is -1.76. The second kappa shape index (κ2) is 5.72. The van der Waals surface area contributed by atoms with Crippen molar-refractivity contribution in [3.63, 3.8) is 0 Å². The standard InChI is InChI=1S/C11H12F3NO3/c1-7(16)6-15-10(17)8-2-4-9(5-3-8)18-11(12,13)14/h2-5,7,16H,6H2,1H3,(H,15,17). The lowest BCUT2D eigenvalue weighted by Gasteiger charge is -2.10. The van der Waals surface area contributed by atoms with Crippen molar-refractivity contribution in [1.82, 2.24) is 5.32 Å². The molecule has 1 atom stereocenters. The molecule has 100 valence electrons. The summed E-state index contributed by atoms with van der Waals surface area (Å²) in [6.45, 7) is 1.57. The molecule has 0 saturated carbocycles. The smallest absolute Gasteiger partial charge is 0.406 e. The predicted molar refractivity (Wildman–Crippen MR) is 57.1 cm³/mol. The van der Waals surface area contributed by atoms with E-state index < -0.39 is 24.1 Å². The van der Waals surface area contributed by atoms with Gasteiger partial charge in [0.05, 0.1) is 6.10 Å². The Labute approximate surface area is 101 Å². The van der Waals surface area contributed by atoms with Gasteiger partial charge in [0.25, 0.3) is 5.91 Å². The van der Waals surface area contributed by atoms with Crippen molar-refractivity contribution in [3.05, 3.63) is 29.8 Å². The van der Waals surface area contributed by atoms with Gasteiger partial charge in [0.2, 0.25) is 0 Å². The van der Waals surface area contributed by atoms with Gasteiger partial charge in [0.1, 0.15) is 5.75 Å². The van der Waals surface area contributed by atoms with Gasteiger partial charge in [0.15, 0.2) is 0 Å². The summed E-state index contributed by atoms with van der Waals surface area (Å²) >= 11 is 0. The SMILES string of the molecule is CC(O)CNC(=O)c1ccc(OC(F)(F)F)cc1. The molecule has 0 saturated heterocycles. The molecule has 0 fully saturated rings. The van der Waals surface area contributed by atoms with Crippen LogP contribution >= 0.6 is 0 Å². The molecule has 4 nitrogen and oxygen atoms in total. The quantitative estimate of drug-likeness (QED) is 0.869. The number of carbonyl (C=O) groups excluding carboxylic acids is 1. The highest BCUT2D eigenvalue weighted by Crippen LogP contribution is 2.22. The number of rotatable bonds is 4. The van der Waals surface area contributed by atoms with E-state index >= 15 is 0 Å². The number of carbonyl (C=O) groups is 1. The van der Waals surface area contributed by atoms with E-state index in [0.717, 1.165) is 12.1 Å². The molecule has 0 aromatic heterocycles. The number of benzene rings is 1. The predicted octanol–water partition coefficient (Wildman–Crippen LogP) is 1.70. The fraction of sp³-hybridized carbons (Fsp3) is 0.364. The van der Waals surface area contributed by atoms with Crippen molar-refractivity contribution in [3.8, 4) is 5.75 Å². The first-order valence-electron chi connectivity index (χ1n) is 5.10. The molecule has 0 aliphatic carbocycles. The second-order valence-corrected chi connectivity index (χ2v) is 3.63. The van der Waals surface area contributed by atoms with Gasteiger partial charge in [-0.25, -0.2) is 0 Å². The van der Waals surface area contributed by atoms with E-state index in [1.54, 1.807) is 0 Å². The zero-order valence-electron chi connectivity index (χ0n) is 9.49. The van der Waals surface area contributed by atoms with Crippen LogP contribution in [-0.2, 0) is 0 Å². The van der Waals surface area contributed by atoms with E-state index in [1.807, 2.05) is 0 Å². The molecule has 0 heterocycles. The Bertz CT molecular complexity index is 401. The normalized spacial score (nSPS) is 12.9. The Morgan fingerprint density at radius 1 is 1.39 bits per heavy atom. The number of amides is 1.